The van der Waals surface area contributed by atoms with Crippen LogP contribution in [0.25, 0.3) is 10.9 Å². The van der Waals surface area contributed by atoms with Gasteiger partial charge in [0.25, 0.3) is 0 Å². The highest BCUT2D eigenvalue weighted by Crippen LogP contribution is 2.38. The first kappa shape index (κ1) is 12.8. The Bertz CT molecular complexity index is 653. The van der Waals surface area contributed by atoms with E-state index in [9.17, 15) is 10.1 Å². The van der Waals surface area contributed by atoms with E-state index in [0.717, 1.165) is 12.8 Å². The molecule has 1 heterocycles. The largest absolute Gasteiger partial charge is 0.483 e. The van der Waals surface area contributed by atoms with Crippen LogP contribution in [-0.2, 0) is 0 Å². The van der Waals surface area contributed by atoms with Gasteiger partial charge in [-0.05, 0) is 49.6 Å². The third kappa shape index (κ3) is 2.18. The van der Waals surface area contributed by atoms with E-state index >= 15 is 0 Å². The minimum atomic E-state index is -0.404. The van der Waals surface area contributed by atoms with Crippen molar-refractivity contribution in [1.29, 1.82) is 0 Å². The number of benzene rings is 1. The molecule has 2 N–H and O–H groups in total. The number of rotatable bonds is 4. The van der Waals surface area contributed by atoms with Gasteiger partial charge in [-0.15, -0.1) is 0 Å². The van der Waals surface area contributed by atoms with E-state index in [1.165, 1.54) is 0 Å². The maximum Gasteiger partial charge on any atom is 0.320 e. The van der Waals surface area contributed by atoms with Gasteiger partial charge in [-0.25, -0.2) is 0 Å². The molecular weight excluding hydrogens is 258 g/mol. The lowest BCUT2D eigenvalue weighted by Crippen LogP contribution is -2.37. The van der Waals surface area contributed by atoms with Gasteiger partial charge >= 0.3 is 5.69 Å². The number of hydrogen-bond acceptors (Lipinski definition) is 5. The van der Waals surface area contributed by atoms with Gasteiger partial charge in [0.05, 0.1) is 21.9 Å². The highest BCUT2D eigenvalue weighted by Gasteiger charge is 2.32. The van der Waals surface area contributed by atoms with Crippen molar-refractivity contribution in [2.24, 2.45) is 11.7 Å². The average molecular weight is 273 g/mol. The van der Waals surface area contributed by atoms with Crippen molar-refractivity contribution >= 4 is 16.6 Å². The van der Waals surface area contributed by atoms with Crippen LogP contribution in [0.2, 0.25) is 0 Å². The Morgan fingerprint density at radius 2 is 2.20 bits per heavy atom. The van der Waals surface area contributed by atoms with Crippen LogP contribution in [0.3, 0.4) is 0 Å². The first-order chi connectivity index (χ1) is 9.69. The maximum atomic E-state index is 11.3. The van der Waals surface area contributed by atoms with E-state index in [-0.39, 0.29) is 11.8 Å². The summed E-state index contributed by atoms with van der Waals surface area (Å²) >= 11 is 0. The summed E-state index contributed by atoms with van der Waals surface area (Å²) in [6.45, 7) is 0.642. The standard InChI is InChI=1S/C14H15N3O3/c15-8-9-6-10(7-9)20-13-4-3-12-11(2-1-5-16-12)14(13)17(18)19/h1-5,9-10H,6-8,15H2. The minimum Gasteiger partial charge on any atom is -0.483 e. The molecule has 6 heteroatoms. The number of pyridine rings is 1. The fourth-order valence-electron chi connectivity index (χ4n) is 2.54. The summed E-state index contributed by atoms with van der Waals surface area (Å²) in [6, 6.07) is 6.75. The second kappa shape index (κ2) is 5.05. The molecule has 6 nitrogen and oxygen atoms in total. The molecule has 1 saturated carbocycles. The van der Waals surface area contributed by atoms with E-state index in [4.69, 9.17) is 10.5 Å². The molecule has 0 aliphatic heterocycles. The lowest BCUT2D eigenvalue weighted by Gasteiger charge is -2.34. The average Bonchev–Trinajstić information content (AvgIpc) is 2.41. The molecule has 1 aliphatic rings. The summed E-state index contributed by atoms with van der Waals surface area (Å²) in [5.41, 5.74) is 6.16. The summed E-state index contributed by atoms with van der Waals surface area (Å²) in [7, 11) is 0. The summed E-state index contributed by atoms with van der Waals surface area (Å²) in [4.78, 5) is 15.0. The SMILES string of the molecule is NCC1CC(Oc2ccc3ncccc3c2[N+](=O)[O-])C1. The molecular formula is C14H15N3O3. The first-order valence-electron chi connectivity index (χ1n) is 6.58. The van der Waals surface area contributed by atoms with Crippen molar-refractivity contribution in [3.8, 4) is 5.75 Å². The number of nitrogens with two attached hydrogens (primary N) is 1. The number of nitro groups is 1. The maximum absolute atomic E-state index is 11.3. The van der Waals surface area contributed by atoms with Crippen molar-refractivity contribution in [2.75, 3.05) is 6.54 Å². The lowest BCUT2D eigenvalue weighted by atomic mass is 9.82. The summed E-state index contributed by atoms with van der Waals surface area (Å²) in [5.74, 6) is 0.789. The highest BCUT2D eigenvalue weighted by molar-refractivity contribution is 5.90. The van der Waals surface area contributed by atoms with E-state index in [2.05, 4.69) is 4.98 Å². The molecule has 0 spiro atoms. The molecule has 1 aromatic carbocycles. The number of ether oxygens (including phenoxy) is 1. The zero-order valence-corrected chi connectivity index (χ0v) is 10.9. The normalized spacial score (nSPS) is 21.4. The quantitative estimate of drug-likeness (QED) is 0.681. The van der Waals surface area contributed by atoms with Gasteiger partial charge in [-0.3, -0.25) is 15.1 Å². The first-order valence-corrected chi connectivity index (χ1v) is 6.58. The van der Waals surface area contributed by atoms with Gasteiger partial charge in [0.1, 0.15) is 0 Å². The Morgan fingerprint density at radius 3 is 2.90 bits per heavy atom. The van der Waals surface area contributed by atoms with E-state index in [1.54, 1.807) is 30.5 Å². The van der Waals surface area contributed by atoms with E-state index < -0.39 is 4.92 Å². The smallest absolute Gasteiger partial charge is 0.320 e. The molecule has 1 aliphatic carbocycles. The molecule has 20 heavy (non-hydrogen) atoms. The minimum absolute atomic E-state index is 0.00759. The van der Waals surface area contributed by atoms with Crippen LogP contribution >= 0.6 is 0 Å². The molecule has 0 atom stereocenters. The van der Waals surface area contributed by atoms with Crippen LogP contribution in [0.15, 0.2) is 30.5 Å². The topological polar surface area (TPSA) is 91.3 Å². The van der Waals surface area contributed by atoms with Gasteiger partial charge in [-0.1, -0.05) is 0 Å². The van der Waals surface area contributed by atoms with Crippen molar-refractivity contribution in [1.82, 2.24) is 4.98 Å². The Kier molecular flexibility index (Phi) is 3.23. The Hall–Kier alpha value is -2.21. The molecule has 0 amide bonds. The van der Waals surface area contributed by atoms with Gasteiger partial charge in [0.2, 0.25) is 0 Å². The van der Waals surface area contributed by atoms with Crippen LogP contribution in [-0.4, -0.2) is 22.6 Å². The molecule has 1 fully saturated rings. The molecule has 104 valence electrons. The van der Waals surface area contributed by atoms with Crippen LogP contribution < -0.4 is 10.5 Å². The van der Waals surface area contributed by atoms with E-state index in [1.807, 2.05) is 0 Å². The predicted molar refractivity (Wildman–Crippen MR) is 74.6 cm³/mol. The third-order valence-electron chi connectivity index (χ3n) is 3.72. The zero-order chi connectivity index (χ0) is 14.1. The van der Waals surface area contributed by atoms with Crippen molar-refractivity contribution < 1.29 is 9.66 Å². The summed E-state index contributed by atoms with van der Waals surface area (Å²) in [5, 5.41) is 11.8. The molecule has 3 rings (SSSR count). The molecule has 2 aromatic rings. The van der Waals surface area contributed by atoms with E-state index in [0.29, 0.717) is 29.1 Å². The van der Waals surface area contributed by atoms with Crippen LogP contribution in [0, 0.1) is 16.0 Å². The van der Waals surface area contributed by atoms with Crippen molar-refractivity contribution in [3.05, 3.63) is 40.6 Å². The molecule has 1 aromatic heterocycles. The summed E-state index contributed by atoms with van der Waals surface area (Å²) in [6.07, 6.45) is 3.36. The number of fused-ring (bicyclic) bond motifs is 1. The van der Waals surface area contributed by atoms with Gasteiger partial charge in [-0.2, -0.15) is 0 Å². The number of hydrogen-bond donors (Lipinski definition) is 1. The van der Waals surface area contributed by atoms with Crippen LogP contribution in [0.5, 0.6) is 5.75 Å². The second-order valence-electron chi connectivity index (χ2n) is 5.05. The molecule has 0 radical (unpaired) electrons. The predicted octanol–water partition coefficient (Wildman–Crippen LogP) is 2.26. The van der Waals surface area contributed by atoms with Gasteiger partial charge in [0.15, 0.2) is 5.75 Å². The highest BCUT2D eigenvalue weighted by atomic mass is 16.6. The van der Waals surface area contributed by atoms with Gasteiger partial charge < -0.3 is 10.5 Å². The number of aromatic nitrogens is 1. The fraction of sp³-hybridized carbons (Fsp3) is 0.357. The second-order valence-corrected chi connectivity index (χ2v) is 5.05. The number of nitrogens with zero attached hydrogens (tertiary/aromatic N) is 2. The Labute approximate surface area is 115 Å². The Morgan fingerprint density at radius 1 is 1.40 bits per heavy atom. The third-order valence-corrected chi connectivity index (χ3v) is 3.72. The fourth-order valence-corrected chi connectivity index (χ4v) is 2.54. The molecule has 0 saturated heterocycles. The van der Waals surface area contributed by atoms with Crippen LogP contribution in [0.4, 0.5) is 5.69 Å². The molecule has 0 bridgehead atoms. The number of nitro benzene ring substituents is 1. The monoisotopic (exact) mass is 273 g/mol. The Balaban J connectivity index is 1.94. The molecule has 0 unspecified atom stereocenters. The van der Waals surface area contributed by atoms with Crippen molar-refractivity contribution in [2.45, 2.75) is 18.9 Å². The van der Waals surface area contributed by atoms with Gasteiger partial charge in [0, 0.05) is 6.20 Å². The lowest BCUT2D eigenvalue weighted by molar-refractivity contribution is -0.384. The summed E-state index contributed by atoms with van der Waals surface area (Å²) < 4.78 is 5.76. The zero-order valence-electron chi connectivity index (χ0n) is 10.9. The van der Waals surface area contributed by atoms with Crippen molar-refractivity contribution in [3.63, 3.8) is 0 Å². The van der Waals surface area contributed by atoms with Crippen LogP contribution in [0.1, 0.15) is 12.8 Å².